The molecule has 0 nitrogen and oxygen atoms in total. The van der Waals surface area contributed by atoms with Gasteiger partial charge in [-0.25, -0.2) is 0 Å². The lowest BCUT2D eigenvalue weighted by Gasteiger charge is -2.01. The van der Waals surface area contributed by atoms with E-state index in [9.17, 15) is 0 Å². The van der Waals surface area contributed by atoms with E-state index in [4.69, 9.17) is 11.6 Å². The third-order valence-electron chi connectivity index (χ3n) is 1.44. The molecule has 0 N–H and O–H groups in total. The highest BCUT2D eigenvalue weighted by Gasteiger charge is 1.98. The van der Waals surface area contributed by atoms with Crippen LogP contribution in [-0.2, 0) is 5.75 Å². The first kappa shape index (κ1) is 7.96. The molecule has 0 aliphatic rings. The van der Waals surface area contributed by atoms with Gasteiger partial charge in [-0.1, -0.05) is 29.8 Å². The highest BCUT2D eigenvalue weighted by molar-refractivity contribution is 7.79. The van der Waals surface area contributed by atoms with Gasteiger partial charge in [-0.2, -0.15) is 12.6 Å². The van der Waals surface area contributed by atoms with E-state index in [0.29, 0.717) is 5.75 Å². The van der Waals surface area contributed by atoms with Crippen LogP contribution >= 0.6 is 24.2 Å². The lowest BCUT2D eigenvalue weighted by Crippen LogP contribution is -1.82. The SMILES string of the molecule is Cc1cccc(CS)c1Cl. The fraction of sp³-hybridized carbons (Fsp3) is 0.250. The maximum atomic E-state index is 5.94. The molecule has 0 unspecified atom stereocenters. The number of thiol groups is 1. The smallest absolute Gasteiger partial charge is 0.0475 e. The van der Waals surface area contributed by atoms with Crippen molar-refractivity contribution < 1.29 is 0 Å². The quantitative estimate of drug-likeness (QED) is 0.619. The van der Waals surface area contributed by atoms with Crippen LogP contribution in [0.4, 0.5) is 0 Å². The van der Waals surface area contributed by atoms with Crippen LogP contribution in [0.1, 0.15) is 11.1 Å². The highest BCUT2D eigenvalue weighted by Crippen LogP contribution is 2.21. The summed E-state index contributed by atoms with van der Waals surface area (Å²) in [6.45, 7) is 2.00. The summed E-state index contributed by atoms with van der Waals surface area (Å²) in [6.07, 6.45) is 0. The first-order chi connectivity index (χ1) is 4.75. The van der Waals surface area contributed by atoms with Crippen LogP contribution in [0, 0.1) is 6.92 Å². The van der Waals surface area contributed by atoms with Gasteiger partial charge in [0.05, 0.1) is 0 Å². The Hall–Kier alpha value is -0.140. The second kappa shape index (κ2) is 3.31. The summed E-state index contributed by atoms with van der Waals surface area (Å²) < 4.78 is 0. The molecule has 0 saturated carbocycles. The van der Waals surface area contributed by atoms with Gasteiger partial charge >= 0.3 is 0 Å². The summed E-state index contributed by atoms with van der Waals surface area (Å²) in [5, 5.41) is 0.845. The number of hydrogen-bond donors (Lipinski definition) is 1. The van der Waals surface area contributed by atoms with Crippen LogP contribution in [0.15, 0.2) is 18.2 Å². The fourth-order valence-corrected chi connectivity index (χ4v) is 1.38. The van der Waals surface area contributed by atoms with Gasteiger partial charge in [0.2, 0.25) is 0 Å². The molecule has 0 saturated heterocycles. The number of aryl methyl sites for hydroxylation is 1. The molecule has 0 radical (unpaired) electrons. The predicted molar refractivity (Wildman–Crippen MR) is 48.9 cm³/mol. The summed E-state index contributed by atoms with van der Waals surface area (Å²) in [7, 11) is 0. The van der Waals surface area contributed by atoms with E-state index >= 15 is 0 Å². The van der Waals surface area contributed by atoms with Gasteiger partial charge < -0.3 is 0 Å². The van der Waals surface area contributed by atoms with Gasteiger partial charge in [0.15, 0.2) is 0 Å². The molecule has 54 valence electrons. The first-order valence-electron chi connectivity index (χ1n) is 3.10. The standard InChI is InChI=1S/C8H9ClS/c1-6-3-2-4-7(5-10)8(6)9/h2-4,10H,5H2,1H3. The molecule has 1 rings (SSSR count). The first-order valence-corrected chi connectivity index (χ1v) is 4.11. The summed E-state index contributed by atoms with van der Waals surface area (Å²) in [6, 6.07) is 5.98. The van der Waals surface area contributed by atoms with Crippen LogP contribution in [0.5, 0.6) is 0 Å². The van der Waals surface area contributed by atoms with Gasteiger partial charge in [-0.15, -0.1) is 0 Å². The van der Waals surface area contributed by atoms with Crippen molar-refractivity contribution >= 4 is 24.2 Å². The van der Waals surface area contributed by atoms with Crippen molar-refractivity contribution in [2.45, 2.75) is 12.7 Å². The van der Waals surface area contributed by atoms with Crippen molar-refractivity contribution in [1.29, 1.82) is 0 Å². The maximum absolute atomic E-state index is 5.94. The molecule has 0 bridgehead atoms. The Balaban J connectivity index is 3.14. The third kappa shape index (κ3) is 1.47. The number of benzene rings is 1. The molecule has 0 amide bonds. The summed E-state index contributed by atoms with van der Waals surface area (Å²) in [4.78, 5) is 0. The van der Waals surface area contributed by atoms with Crippen LogP contribution < -0.4 is 0 Å². The number of hydrogen-bond acceptors (Lipinski definition) is 1. The number of halogens is 1. The number of rotatable bonds is 1. The van der Waals surface area contributed by atoms with Crippen LogP contribution in [0.3, 0.4) is 0 Å². The van der Waals surface area contributed by atoms with Gasteiger partial charge in [-0.3, -0.25) is 0 Å². The van der Waals surface area contributed by atoms with E-state index < -0.39 is 0 Å². The Labute approximate surface area is 71.6 Å². The lowest BCUT2D eigenvalue weighted by atomic mass is 10.2. The Bertz CT molecular complexity index is 233. The maximum Gasteiger partial charge on any atom is 0.0475 e. The molecule has 10 heavy (non-hydrogen) atoms. The van der Waals surface area contributed by atoms with Gasteiger partial charge in [-0.05, 0) is 18.1 Å². The summed E-state index contributed by atoms with van der Waals surface area (Å²) in [5.41, 5.74) is 2.22. The lowest BCUT2D eigenvalue weighted by molar-refractivity contribution is 1.36. The van der Waals surface area contributed by atoms with Crippen LogP contribution in [0.2, 0.25) is 5.02 Å². The third-order valence-corrected chi connectivity index (χ3v) is 2.32. The van der Waals surface area contributed by atoms with Crippen LogP contribution in [-0.4, -0.2) is 0 Å². The Morgan fingerprint density at radius 1 is 1.50 bits per heavy atom. The molecule has 0 fully saturated rings. The molecular formula is C8H9ClS. The fourth-order valence-electron chi connectivity index (χ4n) is 0.830. The van der Waals surface area contributed by atoms with E-state index in [1.54, 1.807) is 0 Å². The Kier molecular flexibility index (Phi) is 2.64. The monoisotopic (exact) mass is 172 g/mol. The van der Waals surface area contributed by atoms with Gasteiger partial charge in [0.25, 0.3) is 0 Å². The Morgan fingerprint density at radius 2 is 2.20 bits per heavy atom. The predicted octanol–water partition coefficient (Wildman–Crippen LogP) is 3.08. The molecule has 0 aliphatic heterocycles. The Morgan fingerprint density at radius 3 is 2.70 bits per heavy atom. The zero-order valence-corrected chi connectivity index (χ0v) is 7.41. The van der Waals surface area contributed by atoms with Crippen molar-refractivity contribution in [3.63, 3.8) is 0 Å². The average Bonchev–Trinajstić information content (AvgIpc) is 1.95. The molecule has 0 heterocycles. The summed E-state index contributed by atoms with van der Waals surface area (Å²) in [5.74, 6) is 0.709. The molecule has 2 heteroatoms. The molecule has 0 aliphatic carbocycles. The summed E-state index contributed by atoms with van der Waals surface area (Å²) >= 11 is 10.1. The molecule has 0 aromatic heterocycles. The minimum atomic E-state index is 0.709. The van der Waals surface area contributed by atoms with Crippen molar-refractivity contribution in [2.75, 3.05) is 0 Å². The van der Waals surface area contributed by atoms with E-state index in [1.807, 2.05) is 25.1 Å². The van der Waals surface area contributed by atoms with E-state index in [2.05, 4.69) is 12.6 Å². The van der Waals surface area contributed by atoms with E-state index in [0.717, 1.165) is 16.1 Å². The van der Waals surface area contributed by atoms with Crippen molar-refractivity contribution in [1.82, 2.24) is 0 Å². The minimum Gasteiger partial charge on any atom is -0.174 e. The second-order valence-electron chi connectivity index (χ2n) is 2.21. The topological polar surface area (TPSA) is 0 Å². The molecule has 1 aromatic rings. The molecule has 0 atom stereocenters. The zero-order chi connectivity index (χ0) is 7.56. The van der Waals surface area contributed by atoms with Crippen molar-refractivity contribution in [2.24, 2.45) is 0 Å². The second-order valence-corrected chi connectivity index (χ2v) is 2.90. The van der Waals surface area contributed by atoms with E-state index in [-0.39, 0.29) is 0 Å². The molecular weight excluding hydrogens is 164 g/mol. The van der Waals surface area contributed by atoms with Crippen molar-refractivity contribution in [3.05, 3.63) is 34.3 Å². The van der Waals surface area contributed by atoms with E-state index in [1.165, 1.54) is 0 Å². The zero-order valence-electron chi connectivity index (χ0n) is 5.76. The van der Waals surface area contributed by atoms with Crippen LogP contribution in [0.25, 0.3) is 0 Å². The largest absolute Gasteiger partial charge is 0.174 e. The normalized spacial score (nSPS) is 9.90. The highest BCUT2D eigenvalue weighted by atomic mass is 35.5. The van der Waals surface area contributed by atoms with Gasteiger partial charge in [0.1, 0.15) is 0 Å². The average molecular weight is 173 g/mol. The molecule has 0 spiro atoms. The van der Waals surface area contributed by atoms with Crippen molar-refractivity contribution in [3.8, 4) is 0 Å². The van der Waals surface area contributed by atoms with Gasteiger partial charge in [0, 0.05) is 10.8 Å². The molecule has 1 aromatic carbocycles. The minimum absolute atomic E-state index is 0.709.